The van der Waals surface area contributed by atoms with Gasteiger partial charge in [-0.05, 0) is 47.0 Å². The number of nitrogens with zero attached hydrogens (tertiary/aromatic N) is 6. The lowest BCUT2D eigenvalue weighted by molar-refractivity contribution is 0.656. The molecule has 0 fully saturated rings. The highest BCUT2D eigenvalue weighted by molar-refractivity contribution is 6.10. The summed E-state index contributed by atoms with van der Waals surface area (Å²) >= 11 is 0. The van der Waals surface area contributed by atoms with Gasteiger partial charge in [0, 0.05) is 49.7 Å². The molecule has 0 amide bonds. The Morgan fingerprint density at radius 3 is 1.72 bits per heavy atom. The lowest BCUT2D eigenvalue weighted by atomic mass is 9.81. The summed E-state index contributed by atoms with van der Waals surface area (Å²) in [6, 6.07) is 63.1. The van der Waals surface area contributed by atoms with Crippen LogP contribution in [0.2, 0.25) is 0 Å². The van der Waals surface area contributed by atoms with Crippen molar-refractivity contribution >= 4 is 21.8 Å². The maximum atomic E-state index is 5.49. The van der Waals surface area contributed by atoms with Gasteiger partial charge in [0.05, 0.1) is 16.7 Å². The molecule has 1 aliphatic carbocycles. The van der Waals surface area contributed by atoms with Gasteiger partial charge in [-0.1, -0.05) is 166 Å². The molecular weight excluding hydrogens is 709 g/mol. The van der Waals surface area contributed by atoms with E-state index in [1.165, 1.54) is 16.3 Å². The van der Waals surface area contributed by atoms with Crippen molar-refractivity contribution in [3.8, 4) is 73.8 Å². The largest absolute Gasteiger partial charge is 0.309 e. The predicted molar refractivity (Wildman–Crippen MR) is 234 cm³/mol. The van der Waals surface area contributed by atoms with Crippen molar-refractivity contribution in [2.75, 3.05) is 0 Å². The third-order valence-corrected chi connectivity index (χ3v) is 11.4. The highest BCUT2D eigenvalue weighted by Gasteiger charge is 2.41. The molecule has 10 aromatic rings. The second-order valence-corrected chi connectivity index (χ2v) is 15.3. The quantitative estimate of drug-likeness (QED) is 0.170. The molecule has 0 bridgehead atoms. The molecule has 0 spiro atoms. The summed E-state index contributed by atoms with van der Waals surface area (Å²) in [5.41, 5.74) is 12.7. The summed E-state index contributed by atoms with van der Waals surface area (Å²) in [4.78, 5) is 26.5. The molecule has 0 saturated carbocycles. The number of aromatic nitrogens is 6. The standard InChI is InChI=1S/C52H36N6/c1-52(2)42-27-14-12-26-41(42)46-45(52)47(54-49(53-46)37-29-30-40-39-25-13-15-28-43(39)58(44(40)32-37)38-23-10-5-11-24-38)51-56-48(34-19-8-4-9-20-34)55-50(57-51)36-22-16-21-35(31-36)33-17-6-3-7-18-33/h3-32H,1-2H3. The van der Waals surface area contributed by atoms with Gasteiger partial charge in [-0.25, -0.2) is 24.9 Å². The SMILES string of the molecule is CC1(C)c2ccccc2-c2nc(-c3ccc4c5ccccc5n(-c5ccccc5)c4c3)nc(-c3nc(-c4ccccc4)nc(-c4cccc(-c5ccccc5)c4)n3)c21. The van der Waals surface area contributed by atoms with E-state index in [0.717, 1.165) is 61.4 Å². The minimum absolute atomic E-state index is 0.420. The van der Waals surface area contributed by atoms with E-state index in [9.17, 15) is 0 Å². The molecule has 58 heavy (non-hydrogen) atoms. The molecule has 0 atom stereocenters. The maximum absolute atomic E-state index is 5.49. The Labute approximate surface area is 336 Å². The minimum Gasteiger partial charge on any atom is -0.309 e. The van der Waals surface area contributed by atoms with Crippen molar-refractivity contribution in [3.63, 3.8) is 0 Å². The van der Waals surface area contributed by atoms with Gasteiger partial charge in [0.1, 0.15) is 5.69 Å². The van der Waals surface area contributed by atoms with E-state index in [1.807, 2.05) is 36.4 Å². The number of para-hydroxylation sites is 2. The second kappa shape index (κ2) is 13.3. The van der Waals surface area contributed by atoms with E-state index in [-0.39, 0.29) is 0 Å². The molecule has 0 unspecified atom stereocenters. The van der Waals surface area contributed by atoms with Gasteiger partial charge in [0.25, 0.3) is 0 Å². The highest BCUT2D eigenvalue weighted by atomic mass is 15.1. The average molecular weight is 745 g/mol. The first-order valence-corrected chi connectivity index (χ1v) is 19.6. The third-order valence-electron chi connectivity index (χ3n) is 11.4. The fourth-order valence-electron chi connectivity index (χ4n) is 8.67. The predicted octanol–water partition coefficient (Wildman–Crippen LogP) is 12.4. The first-order chi connectivity index (χ1) is 28.5. The molecule has 7 aromatic carbocycles. The van der Waals surface area contributed by atoms with E-state index in [2.05, 4.69) is 164 Å². The highest BCUT2D eigenvalue weighted by Crippen LogP contribution is 2.51. The van der Waals surface area contributed by atoms with Crippen LogP contribution in [0.1, 0.15) is 25.0 Å². The smallest absolute Gasteiger partial charge is 0.182 e. The topological polar surface area (TPSA) is 69.4 Å². The summed E-state index contributed by atoms with van der Waals surface area (Å²) in [6.45, 7) is 4.50. The van der Waals surface area contributed by atoms with Crippen molar-refractivity contribution in [2.45, 2.75) is 19.3 Å². The molecule has 0 aliphatic heterocycles. The van der Waals surface area contributed by atoms with Crippen molar-refractivity contribution in [1.82, 2.24) is 29.5 Å². The Morgan fingerprint density at radius 2 is 0.931 bits per heavy atom. The third kappa shape index (κ3) is 5.45. The molecule has 11 rings (SSSR count). The fourth-order valence-corrected chi connectivity index (χ4v) is 8.67. The van der Waals surface area contributed by atoms with Gasteiger partial charge in [-0.2, -0.15) is 0 Å². The number of hydrogen-bond donors (Lipinski definition) is 0. The number of fused-ring (bicyclic) bond motifs is 6. The molecule has 0 N–H and O–H groups in total. The van der Waals surface area contributed by atoms with Crippen LogP contribution in [-0.4, -0.2) is 29.5 Å². The van der Waals surface area contributed by atoms with Crippen LogP contribution in [0.15, 0.2) is 182 Å². The van der Waals surface area contributed by atoms with Crippen LogP contribution in [0.25, 0.3) is 95.6 Å². The van der Waals surface area contributed by atoms with E-state index < -0.39 is 5.41 Å². The van der Waals surface area contributed by atoms with Crippen molar-refractivity contribution < 1.29 is 0 Å². The molecular formula is C52H36N6. The Hall–Kier alpha value is -7.57. The van der Waals surface area contributed by atoms with Crippen molar-refractivity contribution in [1.29, 1.82) is 0 Å². The Bertz CT molecular complexity index is 3190. The molecule has 0 saturated heterocycles. The van der Waals surface area contributed by atoms with Crippen LogP contribution >= 0.6 is 0 Å². The molecule has 1 aliphatic rings. The van der Waals surface area contributed by atoms with Gasteiger partial charge in [0.2, 0.25) is 0 Å². The number of rotatable bonds is 6. The van der Waals surface area contributed by atoms with E-state index >= 15 is 0 Å². The first kappa shape index (κ1) is 33.7. The molecule has 0 radical (unpaired) electrons. The Morgan fingerprint density at radius 1 is 0.379 bits per heavy atom. The summed E-state index contributed by atoms with van der Waals surface area (Å²) in [7, 11) is 0. The van der Waals surface area contributed by atoms with E-state index in [4.69, 9.17) is 24.9 Å². The molecule has 6 heteroatoms. The van der Waals surface area contributed by atoms with Crippen LogP contribution in [0, 0.1) is 0 Å². The fraction of sp³-hybridized carbons (Fsp3) is 0.0577. The van der Waals surface area contributed by atoms with Gasteiger partial charge in [0.15, 0.2) is 23.3 Å². The van der Waals surface area contributed by atoms with Crippen LogP contribution in [0.4, 0.5) is 0 Å². The number of hydrogen-bond acceptors (Lipinski definition) is 5. The van der Waals surface area contributed by atoms with Gasteiger partial charge in [-0.3, -0.25) is 0 Å². The van der Waals surface area contributed by atoms with Gasteiger partial charge >= 0.3 is 0 Å². The molecule has 3 aromatic heterocycles. The van der Waals surface area contributed by atoms with E-state index in [0.29, 0.717) is 29.0 Å². The normalized spacial score (nSPS) is 12.8. The Kier molecular flexibility index (Phi) is 7.73. The first-order valence-electron chi connectivity index (χ1n) is 19.6. The van der Waals surface area contributed by atoms with Crippen LogP contribution in [-0.2, 0) is 5.41 Å². The lowest BCUT2D eigenvalue weighted by Gasteiger charge is -2.23. The monoisotopic (exact) mass is 744 g/mol. The van der Waals surface area contributed by atoms with E-state index in [1.54, 1.807) is 0 Å². The molecule has 274 valence electrons. The zero-order valence-corrected chi connectivity index (χ0v) is 32.0. The summed E-state index contributed by atoms with van der Waals surface area (Å²) in [6.07, 6.45) is 0. The summed E-state index contributed by atoms with van der Waals surface area (Å²) < 4.78 is 2.33. The van der Waals surface area contributed by atoms with Gasteiger partial charge < -0.3 is 4.57 Å². The van der Waals surface area contributed by atoms with Crippen LogP contribution in [0.5, 0.6) is 0 Å². The number of benzene rings is 7. The van der Waals surface area contributed by atoms with Crippen molar-refractivity contribution in [2.24, 2.45) is 0 Å². The van der Waals surface area contributed by atoms with Gasteiger partial charge in [-0.15, -0.1) is 0 Å². The summed E-state index contributed by atoms with van der Waals surface area (Å²) in [5, 5.41) is 2.37. The minimum atomic E-state index is -0.420. The maximum Gasteiger partial charge on any atom is 0.182 e. The second-order valence-electron chi connectivity index (χ2n) is 15.3. The van der Waals surface area contributed by atoms with Crippen molar-refractivity contribution in [3.05, 3.63) is 193 Å². The average Bonchev–Trinajstić information content (AvgIpc) is 3.74. The molecule has 6 nitrogen and oxygen atoms in total. The molecule has 3 heterocycles. The Balaban J connectivity index is 1.17. The zero-order valence-electron chi connectivity index (χ0n) is 32.0. The summed E-state index contributed by atoms with van der Waals surface area (Å²) in [5.74, 6) is 2.29. The zero-order chi connectivity index (χ0) is 38.8. The lowest BCUT2D eigenvalue weighted by Crippen LogP contribution is -2.18. The van der Waals surface area contributed by atoms with Crippen LogP contribution < -0.4 is 0 Å². The van der Waals surface area contributed by atoms with Crippen LogP contribution in [0.3, 0.4) is 0 Å².